The molecule has 1 rings (SSSR count). The fraction of sp³-hybridized carbons (Fsp3) is 0.400. The quantitative estimate of drug-likeness (QED) is 0.395. The zero-order valence-electron chi connectivity index (χ0n) is 6.96. The summed E-state index contributed by atoms with van der Waals surface area (Å²) in [5, 5.41) is 0. The molecular formula is C10H10O2. The van der Waals surface area contributed by atoms with Crippen LogP contribution in [-0.4, -0.2) is 11.6 Å². The van der Waals surface area contributed by atoms with E-state index >= 15 is 0 Å². The van der Waals surface area contributed by atoms with Gasteiger partial charge in [-0.2, -0.15) is 0 Å². The lowest BCUT2D eigenvalue weighted by Crippen LogP contribution is -2.26. The van der Waals surface area contributed by atoms with Crippen LogP contribution in [0, 0.1) is 18.3 Å². The fourth-order valence-electron chi connectivity index (χ4n) is 1.37. The van der Waals surface area contributed by atoms with Gasteiger partial charge in [0, 0.05) is 18.4 Å². The molecule has 2 heteroatoms. The lowest BCUT2D eigenvalue weighted by atomic mass is 9.83. The Balaban J connectivity index is 3.00. The Kier molecular flexibility index (Phi) is 2.44. The molecule has 0 N–H and O–H groups in total. The monoisotopic (exact) mass is 162 g/mol. The molecule has 2 nitrogen and oxygen atoms in total. The van der Waals surface area contributed by atoms with E-state index < -0.39 is 5.92 Å². The predicted molar refractivity (Wildman–Crippen MR) is 45.3 cm³/mol. The van der Waals surface area contributed by atoms with Crippen molar-refractivity contribution in [3.05, 3.63) is 11.6 Å². The van der Waals surface area contributed by atoms with Gasteiger partial charge in [0.15, 0.2) is 11.6 Å². The van der Waals surface area contributed by atoms with Crippen LogP contribution in [0.2, 0.25) is 0 Å². The smallest absolute Gasteiger partial charge is 0.160 e. The van der Waals surface area contributed by atoms with Gasteiger partial charge >= 0.3 is 0 Å². The van der Waals surface area contributed by atoms with Crippen molar-refractivity contribution in [2.24, 2.45) is 5.92 Å². The summed E-state index contributed by atoms with van der Waals surface area (Å²) in [5.74, 6) is 1.76. The number of ketones is 2. The summed E-state index contributed by atoms with van der Waals surface area (Å²) in [7, 11) is 0. The van der Waals surface area contributed by atoms with Gasteiger partial charge < -0.3 is 0 Å². The van der Waals surface area contributed by atoms with Gasteiger partial charge in [0.1, 0.15) is 5.92 Å². The molecule has 12 heavy (non-hydrogen) atoms. The zero-order chi connectivity index (χ0) is 9.14. The minimum atomic E-state index is -0.587. The van der Waals surface area contributed by atoms with Gasteiger partial charge in [0.05, 0.1) is 0 Å². The maximum Gasteiger partial charge on any atom is 0.160 e. The van der Waals surface area contributed by atoms with Crippen LogP contribution < -0.4 is 0 Å². The largest absolute Gasteiger partial charge is 0.298 e. The molecule has 1 aliphatic rings. The van der Waals surface area contributed by atoms with E-state index in [0.29, 0.717) is 18.4 Å². The maximum atomic E-state index is 11.2. The molecule has 62 valence electrons. The summed E-state index contributed by atoms with van der Waals surface area (Å²) in [6.07, 6.45) is 7.41. The highest BCUT2D eigenvalue weighted by molar-refractivity contribution is 6.08. The summed E-state index contributed by atoms with van der Waals surface area (Å²) in [4.78, 5) is 22.4. The van der Waals surface area contributed by atoms with E-state index in [-0.39, 0.29) is 11.6 Å². The highest BCUT2D eigenvalue weighted by Crippen LogP contribution is 2.22. The van der Waals surface area contributed by atoms with Crippen molar-refractivity contribution in [1.82, 2.24) is 0 Å². The van der Waals surface area contributed by atoms with Gasteiger partial charge in [-0.1, -0.05) is 12.0 Å². The SMILES string of the molecule is C#CC1C(=O)CCC(=O)/C1=C/C. The molecule has 1 unspecified atom stereocenters. The second-order valence-electron chi connectivity index (χ2n) is 2.73. The minimum absolute atomic E-state index is 0.00907. The van der Waals surface area contributed by atoms with Crippen molar-refractivity contribution in [3.63, 3.8) is 0 Å². The number of hydrogen-bond acceptors (Lipinski definition) is 2. The second kappa shape index (κ2) is 3.36. The van der Waals surface area contributed by atoms with Crippen LogP contribution in [0.4, 0.5) is 0 Å². The van der Waals surface area contributed by atoms with Crippen LogP contribution in [0.15, 0.2) is 11.6 Å². The lowest BCUT2D eigenvalue weighted by Gasteiger charge is -2.17. The number of rotatable bonds is 0. The fourth-order valence-corrected chi connectivity index (χ4v) is 1.37. The zero-order valence-corrected chi connectivity index (χ0v) is 6.96. The molecule has 1 fully saturated rings. The van der Waals surface area contributed by atoms with E-state index in [1.807, 2.05) is 0 Å². The topological polar surface area (TPSA) is 34.1 Å². The van der Waals surface area contributed by atoms with Gasteiger partial charge in [-0.3, -0.25) is 9.59 Å². The van der Waals surface area contributed by atoms with E-state index in [1.165, 1.54) is 0 Å². The highest BCUT2D eigenvalue weighted by atomic mass is 16.1. The Morgan fingerprint density at radius 1 is 1.50 bits per heavy atom. The number of allylic oxidation sites excluding steroid dienone is 2. The van der Waals surface area contributed by atoms with E-state index in [4.69, 9.17) is 6.42 Å². The number of Topliss-reactive ketones (excluding diaryl/α,β-unsaturated/α-hetero) is 2. The molecule has 1 atom stereocenters. The van der Waals surface area contributed by atoms with Crippen molar-refractivity contribution in [1.29, 1.82) is 0 Å². The molecule has 0 aromatic rings. The summed E-state index contributed by atoms with van der Waals surface area (Å²) in [6.45, 7) is 1.73. The second-order valence-corrected chi connectivity index (χ2v) is 2.73. The van der Waals surface area contributed by atoms with E-state index in [0.717, 1.165) is 0 Å². The van der Waals surface area contributed by atoms with Crippen LogP contribution >= 0.6 is 0 Å². The van der Waals surface area contributed by atoms with Crippen molar-refractivity contribution in [3.8, 4) is 12.3 Å². The third kappa shape index (κ3) is 1.31. The normalized spacial score (nSPS) is 27.3. The van der Waals surface area contributed by atoms with Crippen molar-refractivity contribution in [2.75, 3.05) is 0 Å². The Morgan fingerprint density at radius 3 is 2.58 bits per heavy atom. The standard InChI is InChI=1S/C10H10O2/c1-3-7-8(4-2)10(12)6-5-9(7)11/h1,4,7H,5-6H2,2H3/b8-4+. The molecule has 0 radical (unpaired) electrons. The molecule has 0 aromatic heterocycles. The predicted octanol–water partition coefficient (Wildman–Crippen LogP) is 1.11. The number of carbonyl (C=O) groups is 2. The Hall–Kier alpha value is -1.36. The van der Waals surface area contributed by atoms with E-state index in [9.17, 15) is 9.59 Å². The lowest BCUT2D eigenvalue weighted by molar-refractivity contribution is -0.127. The molecule has 1 saturated carbocycles. The number of carbonyl (C=O) groups excluding carboxylic acids is 2. The van der Waals surface area contributed by atoms with Gasteiger partial charge in [-0.05, 0) is 6.92 Å². The number of terminal acetylenes is 1. The summed E-state index contributed by atoms with van der Waals surface area (Å²) < 4.78 is 0. The summed E-state index contributed by atoms with van der Waals surface area (Å²) in [5.41, 5.74) is 0.494. The molecule has 0 aromatic carbocycles. The highest BCUT2D eigenvalue weighted by Gasteiger charge is 2.29. The molecule has 0 bridgehead atoms. The summed E-state index contributed by atoms with van der Waals surface area (Å²) >= 11 is 0. The van der Waals surface area contributed by atoms with Crippen molar-refractivity contribution >= 4 is 11.6 Å². The van der Waals surface area contributed by atoms with E-state index in [2.05, 4.69) is 5.92 Å². The summed E-state index contributed by atoms with van der Waals surface area (Å²) in [6, 6.07) is 0. The third-order valence-corrected chi connectivity index (χ3v) is 2.03. The first-order valence-corrected chi connectivity index (χ1v) is 3.89. The van der Waals surface area contributed by atoms with Crippen LogP contribution in [0.5, 0.6) is 0 Å². The van der Waals surface area contributed by atoms with E-state index in [1.54, 1.807) is 13.0 Å². The minimum Gasteiger partial charge on any atom is -0.298 e. The van der Waals surface area contributed by atoms with Gasteiger partial charge in [-0.15, -0.1) is 6.42 Å². The first-order valence-electron chi connectivity index (χ1n) is 3.89. The van der Waals surface area contributed by atoms with Crippen LogP contribution in [0.3, 0.4) is 0 Å². The maximum absolute atomic E-state index is 11.2. The van der Waals surface area contributed by atoms with Gasteiger partial charge in [0.2, 0.25) is 0 Å². The molecular weight excluding hydrogens is 152 g/mol. The Morgan fingerprint density at radius 2 is 2.17 bits per heavy atom. The molecule has 0 heterocycles. The molecule has 0 saturated heterocycles. The third-order valence-electron chi connectivity index (χ3n) is 2.03. The molecule has 0 spiro atoms. The Bertz CT molecular complexity index is 291. The molecule has 0 aliphatic heterocycles. The van der Waals surface area contributed by atoms with Crippen LogP contribution in [0.25, 0.3) is 0 Å². The van der Waals surface area contributed by atoms with Crippen molar-refractivity contribution < 1.29 is 9.59 Å². The van der Waals surface area contributed by atoms with Gasteiger partial charge in [0.25, 0.3) is 0 Å². The first kappa shape index (κ1) is 8.73. The average molecular weight is 162 g/mol. The van der Waals surface area contributed by atoms with Crippen LogP contribution in [0.1, 0.15) is 19.8 Å². The van der Waals surface area contributed by atoms with Gasteiger partial charge in [-0.25, -0.2) is 0 Å². The molecule has 0 amide bonds. The Labute approximate surface area is 71.7 Å². The molecule has 1 aliphatic carbocycles. The van der Waals surface area contributed by atoms with Crippen LogP contribution in [-0.2, 0) is 9.59 Å². The first-order chi connectivity index (χ1) is 5.70. The van der Waals surface area contributed by atoms with Crippen molar-refractivity contribution in [2.45, 2.75) is 19.8 Å². The number of hydrogen-bond donors (Lipinski definition) is 0. The average Bonchev–Trinajstić information content (AvgIpc) is 2.08.